The lowest BCUT2D eigenvalue weighted by Gasteiger charge is -2.12. The monoisotopic (exact) mass is 477 g/mol. The molecule has 4 rings (SSSR count). The first-order valence-electron chi connectivity index (χ1n) is 10.6. The van der Waals surface area contributed by atoms with E-state index in [0.717, 1.165) is 28.2 Å². The number of ether oxygens (including phenoxy) is 1. The summed E-state index contributed by atoms with van der Waals surface area (Å²) >= 11 is 6.45. The summed E-state index contributed by atoms with van der Waals surface area (Å²) in [6, 6.07) is 7.30. The minimum absolute atomic E-state index is 0.197. The van der Waals surface area contributed by atoms with Crippen molar-refractivity contribution in [3.63, 3.8) is 0 Å². The highest BCUT2D eigenvalue weighted by atomic mass is 35.5. The normalized spacial score (nSPS) is 10.7. The standard InChI is InChI=1S/C24H24ClN7O2/c1-15-4-7-20(13-27-15)32-14-19(12-30-32)31-24-28-10-16(11-29-24)5-6-17-8-18(23(33)26-2)9-21(34-3)22(17)25/h4,7-14H,5-6H2,1-3H3,(H,26,33)(H,28,29,31). The van der Waals surface area contributed by atoms with Gasteiger partial charge in [-0.1, -0.05) is 11.6 Å². The van der Waals surface area contributed by atoms with Gasteiger partial charge >= 0.3 is 0 Å². The van der Waals surface area contributed by atoms with Crippen LogP contribution in [-0.2, 0) is 12.8 Å². The van der Waals surface area contributed by atoms with Crippen LogP contribution in [0.5, 0.6) is 5.75 Å². The molecule has 0 radical (unpaired) electrons. The second-order valence-electron chi connectivity index (χ2n) is 7.60. The van der Waals surface area contributed by atoms with Crippen LogP contribution in [0.4, 0.5) is 11.6 Å². The number of carbonyl (C=O) groups excluding carboxylic acids is 1. The molecule has 1 aromatic carbocycles. The average Bonchev–Trinajstić information content (AvgIpc) is 3.32. The van der Waals surface area contributed by atoms with Crippen molar-refractivity contribution in [1.82, 2.24) is 30.0 Å². The zero-order chi connectivity index (χ0) is 24.1. The molecule has 0 saturated heterocycles. The molecule has 0 aliphatic rings. The maximum atomic E-state index is 12.1. The van der Waals surface area contributed by atoms with E-state index < -0.39 is 0 Å². The summed E-state index contributed by atoms with van der Waals surface area (Å²) in [5, 5.41) is 10.6. The lowest BCUT2D eigenvalue weighted by molar-refractivity contribution is 0.0962. The lowest BCUT2D eigenvalue weighted by Crippen LogP contribution is -2.18. The van der Waals surface area contributed by atoms with Gasteiger partial charge in [0.25, 0.3) is 5.91 Å². The molecule has 34 heavy (non-hydrogen) atoms. The predicted octanol–water partition coefficient (Wildman–Crippen LogP) is 3.92. The van der Waals surface area contributed by atoms with Gasteiger partial charge in [0.2, 0.25) is 5.95 Å². The van der Waals surface area contributed by atoms with Gasteiger partial charge in [-0.3, -0.25) is 9.78 Å². The van der Waals surface area contributed by atoms with Crippen molar-refractivity contribution in [2.45, 2.75) is 19.8 Å². The first-order valence-corrected chi connectivity index (χ1v) is 11.0. The lowest BCUT2D eigenvalue weighted by atomic mass is 10.0. The van der Waals surface area contributed by atoms with Gasteiger partial charge in [0.1, 0.15) is 5.75 Å². The number of nitrogens with zero attached hydrogens (tertiary/aromatic N) is 5. The zero-order valence-electron chi connectivity index (χ0n) is 19.0. The van der Waals surface area contributed by atoms with Crippen LogP contribution in [0.2, 0.25) is 5.02 Å². The third-order valence-corrected chi connectivity index (χ3v) is 5.64. The highest BCUT2D eigenvalue weighted by Crippen LogP contribution is 2.31. The first kappa shape index (κ1) is 23.2. The van der Waals surface area contributed by atoms with E-state index in [1.807, 2.05) is 25.3 Å². The van der Waals surface area contributed by atoms with Gasteiger partial charge < -0.3 is 15.4 Å². The second kappa shape index (κ2) is 10.3. The van der Waals surface area contributed by atoms with Crippen LogP contribution in [0, 0.1) is 6.92 Å². The average molecular weight is 478 g/mol. The van der Waals surface area contributed by atoms with Crippen LogP contribution in [0.3, 0.4) is 0 Å². The van der Waals surface area contributed by atoms with Crippen LogP contribution in [0.1, 0.15) is 27.2 Å². The number of rotatable bonds is 8. The van der Waals surface area contributed by atoms with Crippen LogP contribution in [0.15, 0.2) is 55.2 Å². The first-order chi connectivity index (χ1) is 16.5. The van der Waals surface area contributed by atoms with E-state index in [9.17, 15) is 4.79 Å². The Morgan fingerprint density at radius 1 is 1.09 bits per heavy atom. The number of amides is 1. The molecule has 3 heterocycles. The van der Waals surface area contributed by atoms with E-state index in [0.29, 0.717) is 35.1 Å². The third kappa shape index (κ3) is 5.32. The summed E-state index contributed by atoms with van der Waals surface area (Å²) in [4.78, 5) is 25.1. The second-order valence-corrected chi connectivity index (χ2v) is 7.98. The van der Waals surface area contributed by atoms with Crippen LogP contribution >= 0.6 is 11.6 Å². The summed E-state index contributed by atoms with van der Waals surface area (Å²) in [6.07, 6.45) is 10.1. The Hall–Kier alpha value is -3.98. The number of halogens is 1. The molecular formula is C24H24ClN7O2. The molecule has 0 bridgehead atoms. The molecule has 9 nitrogen and oxygen atoms in total. The number of methoxy groups -OCH3 is 1. The van der Waals surface area contributed by atoms with Crippen LogP contribution in [-0.4, -0.2) is 44.8 Å². The number of aryl methyl sites for hydroxylation is 3. The van der Waals surface area contributed by atoms with Gasteiger partial charge in [0.15, 0.2) is 0 Å². The van der Waals surface area contributed by atoms with Gasteiger partial charge in [-0.25, -0.2) is 14.6 Å². The van der Waals surface area contributed by atoms with Crippen molar-refractivity contribution in [2.75, 3.05) is 19.5 Å². The number of anilines is 2. The number of pyridine rings is 1. The van der Waals surface area contributed by atoms with Gasteiger partial charge in [-0.2, -0.15) is 5.10 Å². The van der Waals surface area contributed by atoms with Crippen molar-refractivity contribution < 1.29 is 9.53 Å². The Kier molecular flexibility index (Phi) is 7.03. The van der Waals surface area contributed by atoms with Gasteiger partial charge in [-0.05, 0) is 55.2 Å². The Labute approximate surface area is 202 Å². The highest BCUT2D eigenvalue weighted by molar-refractivity contribution is 6.33. The molecule has 174 valence electrons. The molecule has 0 spiro atoms. The van der Waals surface area contributed by atoms with E-state index >= 15 is 0 Å². The highest BCUT2D eigenvalue weighted by Gasteiger charge is 2.14. The molecule has 0 saturated carbocycles. The van der Waals surface area contributed by atoms with Crippen molar-refractivity contribution in [3.05, 3.63) is 82.7 Å². The minimum atomic E-state index is -0.197. The zero-order valence-corrected chi connectivity index (χ0v) is 19.8. The summed E-state index contributed by atoms with van der Waals surface area (Å²) in [5.74, 6) is 0.735. The minimum Gasteiger partial charge on any atom is -0.495 e. The van der Waals surface area contributed by atoms with Gasteiger partial charge in [-0.15, -0.1) is 0 Å². The largest absolute Gasteiger partial charge is 0.495 e. The number of hydrogen-bond acceptors (Lipinski definition) is 7. The smallest absolute Gasteiger partial charge is 0.251 e. The third-order valence-electron chi connectivity index (χ3n) is 5.21. The molecule has 0 aliphatic carbocycles. The molecule has 3 aromatic heterocycles. The van der Waals surface area contributed by atoms with E-state index in [-0.39, 0.29) is 5.91 Å². The van der Waals surface area contributed by atoms with E-state index in [4.69, 9.17) is 16.3 Å². The Bertz CT molecular complexity index is 1290. The molecule has 0 unspecified atom stereocenters. The van der Waals surface area contributed by atoms with E-state index in [1.54, 1.807) is 48.6 Å². The quantitative estimate of drug-likeness (QED) is 0.396. The van der Waals surface area contributed by atoms with Crippen molar-refractivity contribution in [1.29, 1.82) is 0 Å². The van der Waals surface area contributed by atoms with Crippen LogP contribution < -0.4 is 15.4 Å². The topological polar surface area (TPSA) is 107 Å². The molecular weight excluding hydrogens is 454 g/mol. The fourth-order valence-corrected chi connectivity index (χ4v) is 3.62. The molecule has 0 atom stereocenters. The summed E-state index contributed by atoms with van der Waals surface area (Å²) < 4.78 is 7.06. The number of nitrogens with one attached hydrogen (secondary N) is 2. The van der Waals surface area contributed by atoms with Crippen molar-refractivity contribution in [2.24, 2.45) is 0 Å². The summed E-state index contributed by atoms with van der Waals surface area (Å²) in [7, 11) is 3.11. The van der Waals surface area contributed by atoms with Crippen LogP contribution in [0.25, 0.3) is 5.69 Å². The van der Waals surface area contributed by atoms with Crippen molar-refractivity contribution in [3.8, 4) is 11.4 Å². The van der Waals surface area contributed by atoms with Crippen molar-refractivity contribution >= 4 is 29.1 Å². The molecule has 10 heteroatoms. The molecule has 4 aromatic rings. The Morgan fingerprint density at radius 2 is 1.88 bits per heavy atom. The maximum absolute atomic E-state index is 12.1. The Morgan fingerprint density at radius 3 is 2.56 bits per heavy atom. The molecule has 2 N–H and O–H groups in total. The predicted molar refractivity (Wildman–Crippen MR) is 130 cm³/mol. The number of carbonyl (C=O) groups is 1. The fourth-order valence-electron chi connectivity index (χ4n) is 3.34. The molecule has 0 aliphatic heterocycles. The summed E-state index contributed by atoms with van der Waals surface area (Å²) in [6.45, 7) is 1.94. The SMILES string of the molecule is CNC(=O)c1cc(CCc2cnc(Nc3cnn(-c4ccc(C)nc4)c3)nc2)c(Cl)c(OC)c1. The summed E-state index contributed by atoms with van der Waals surface area (Å²) in [5.41, 5.74) is 4.83. The molecule has 1 amide bonds. The van der Waals surface area contributed by atoms with E-state index in [2.05, 4.69) is 30.7 Å². The maximum Gasteiger partial charge on any atom is 0.251 e. The molecule has 0 fully saturated rings. The number of hydrogen-bond donors (Lipinski definition) is 2. The number of aromatic nitrogens is 5. The Balaban J connectivity index is 1.41. The van der Waals surface area contributed by atoms with Gasteiger partial charge in [0, 0.05) is 30.7 Å². The number of benzene rings is 1. The van der Waals surface area contributed by atoms with E-state index in [1.165, 1.54) is 7.11 Å². The fraction of sp³-hybridized carbons (Fsp3) is 0.208. The van der Waals surface area contributed by atoms with Gasteiger partial charge in [0.05, 0.1) is 42.1 Å².